The molecule has 1 aromatic carbocycles. The van der Waals surface area contributed by atoms with Gasteiger partial charge in [0.1, 0.15) is 4.90 Å². The van der Waals surface area contributed by atoms with Crippen LogP contribution in [0.2, 0.25) is 0 Å². The van der Waals surface area contributed by atoms with Crippen LogP contribution in [0.1, 0.15) is 0 Å². The van der Waals surface area contributed by atoms with Crippen LogP contribution in [0.5, 0.6) is 5.75 Å². The maximum atomic E-state index is 10.7. The van der Waals surface area contributed by atoms with Crippen molar-refractivity contribution < 1.29 is 92.1 Å². The van der Waals surface area contributed by atoms with Crippen LogP contribution < -0.4 is 0 Å². The SMILES string of the molecule is F[B-](F)(F)F.F[B-](F)(F)F.F[B-](F)(F)F.F[B-](F)(F)F.N#[N+]c1cc(S(=O)(=O)O)cc([N+](=O)[O-])c1O. The summed E-state index contributed by atoms with van der Waals surface area (Å²) in [6.45, 7) is 0. The van der Waals surface area contributed by atoms with E-state index in [-0.39, 0.29) is 0 Å². The van der Waals surface area contributed by atoms with Crippen molar-refractivity contribution in [1.82, 2.24) is 0 Å². The summed E-state index contributed by atoms with van der Waals surface area (Å²) in [6, 6.07) is 1.02. The summed E-state index contributed by atoms with van der Waals surface area (Å²) in [5.41, 5.74) is -1.73. The number of phenolic OH excluding ortho intramolecular Hbond substituents is 1. The Kier molecular flexibility index (Phi) is 16.8. The standard InChI is InChI=1S/C6H3N3O6S.4BF4/c7-8-4-1-3(16(13,14)15)2-5(6(4)10)9(11)12;4*2-1(3,4)5/h1-2H,(H-,10,13,14,15);;;;/q;4*-1/p+1. The predicted molar refractivity (Wildman–Crippen MR) is 90.1 cm³/mol. The fourth-order valence-corrected chi connectivity index (χ4v) is 1.46. The maximum absolute atomic E-state index is 10.7. The van der Waals surface area contributed by atoms with Crippen molar-refractivity contribution in [3.63, 3.8) is 0 Å². The first kappa shape index (κ1) is 40.1. The highest BCUT2D eigenvalue weighted by Crippen LogP contribution is 2.38. The third-order valence-corrected chi connectivity index (χ3v) is 2.48. The summed E-state index contributed by atoms with van der Waals surface area (Å²) in [4.78, 5) is 10.9. The first-order chi connectivity index (χ1) is 15.3. The number of aromatic hydroxyl groups is 1. The molecule has 1 rings (SSSR count). The number of rotatable bonds is 2. The summed E-state index contributed by atoms with van der Waals surface area (Å²) in [5, 5.41) is 28.0. The van der Waals surface area contributed by atoms with Gasteiger partial charge in [-0.1, -0.05) is 0 Å². The fourth-order valence-electron chi connectivity index (χ4n) is 0.943. The van der Waals surface area contributed by atoms with E-state index in [1.807, 2.05) is 0 Å². The van der Waals surface area contributed by atoms with Crippen molar-refractivity contribution in [2.45, 2.75) is 4.90 Å². The Labute approximate surface area is 187 Å². The van der Waals surface area contributed by atoms with Crippen molar-refractivity contribution in [1.29, 1.82) is 5.39 Å². The predicted octanol–water partition coefficient (Wildman–Crippen LogP) is 6.23. The van der Waals surface area contributed by atoms with E-state index in [9.17, 15) is 92.7 Å². The number of diazo groups is 1. The van der Waals surface area contributed by atoms with Crippen LogP contribution >= 0.6 is 0 Å². The molecule has 9 nitrogen and oxygen atoms in total. The van der Waals surface area contributed by atoms with Gasteiger partial charge in [-0.05, 0) is 0 Å². The molecule has 1 aromatic rings. The van der Waals surface area contributed by atoms with Gasteiger partial charge in [0.15, 0.2) is 4.98 Å². The lowest BCUT2D eigenvalue weighted by atomic mass is 10.2. The minimum Gasteiger partial charge on any atom is -0.496 e. The number of nitro groups is 1. The molecule has 0 unspecified atom stereocenters. The van der Waals surface area contributed by atoms with E-state index in [1.54, 1.807) is 0 Å². The molecule has 0 aromatic heterocycles. The number of benzene rings is 1. The molecule has 0 aliphatic carbocycles. The minimum absolute atomic E-state index is 0.444. The van der Waals surface area contributed by atoms with Gasteiger partial charge < -0.3 is 74.2 Å². The highest BCUT2D eigenvalue weighted by molar-refractivity contribution is 7.85. The van der Waals surface area contributed by atoms with Gasteiger partial charge in [-0.25, -0.2) is 0 Å². The highest BCUT2D eigenvalue weighted by Gasteiger charge is 2.30. The lowest BCUT2D eigenvalue weighted by molar-refractivity contribution is -0.386. The van der Waals surface area contributed by atoms with E-state index in [2.05, 4.69) is 4.98 Å². The number of halogens is 16. The third kappa shape index (κ3) is 44.5. The molecule has 2 N–H and O–H groups in total. The molecule has 0 atom stereocenters. The quantitative estimate of drug-likeness (QED) is 0.103. The second-order valence-corrected chi connectivity index (χ2v) is 6.04. The molecule has 0 saturated heterocycles. The molecule has 0 spiro atoms. The zero-order valence-electron chi connectivity index (χ0n) is 15.8. The number of nitrogens with zero attached hydrogens (tertiary/aromatic N) is 3. The molecule has 0 aliphatic heterocycles. The lowest BCUT2D eigenvalue weighted by Crippen LogP contribution is -2.02. The van der Waals surface area contributed by atoms with Gasteiger partial charge in [-0.2, -0.15) is 8.42 Å². The molecule has 0 saturated carbocycles. The first-order valence-corrected chi connectivity index (χ1v) is 8.54. The van der Waals surface area contributed by atoms with Crippen LogP contribution in [-0.4, -0.2) is 52.0 Å². The van der Waals surface area contributed by atoms with Crippen molar-refractivity contribution in [2.24, 2.45) is 0 Å². The van der Waals surface area contributed by atoms with Gasteiger partial charge in [0.25, 0.3) is 15.9 Å². The van der Waals surface area contributed by atoms with E-state index < -0.39 is 66.1 Å². The van der Waals surface area contributed by atoms with Gasteiger partial charge in [-0.15, -0.1) is 0 Å². The van der Waals surface area contributed by atoms with Gasteiger partial charge >= 0.3 is 40.4 Å². The van der Waals surface area contributed by atoms with Crippen LogP contribution in [0.3, 0.4) is 0 Å². The molecule has 0 radical (unpaired) electrons. The minimum atomic E-state index is -6.00. The molecule has 0 bridgehead atoms. The molecule has 0 heterocycles. The Balaban J connectivity index is -0.000000211. The average Bonchev–Trinajstić information content (AvgIpc) is 2.47. The van der Waals surface area contributed by atoms with Crippen LogP contribution in [-0.2, 0) is 10.1 Å². The largest absolute Gasteiger partial charge is 0.673 e. The molecule has 36 heavy (non-hydrogen) atoms. The van der Waals surface area contributed by atoms with E-state index in [1.165, 1.54) is 0 Å². The van der Waals surface area contributed by atoms with Gasteiger partial charge in [-0.3, -0.25) is 14.7 Å². The van der Waals surface area contributed by atoms with Crippen LogP contribution in [0.4, 0.5) is 80.4 Å². The molecule has 0 aliphatic rings. The summed E-state index contributed by atoms with van der Waals surface area (Å²) in [6.07, 6.45) is 0. The Morgan fingerprint density at radius 3 is 1.17 bits per heavy atom. The average molecular weight is 593 g/mol. The number of nitro benzene ring substituents is 1. The second kappa shape index (κ2) is 15.1. The third-order valence-electron chi connectivity index (χ3n) is 1.65. The normalized spacial score (nSPS) is 11.4. The molecule has 30 heteroatoms. The van der Waals surface area contributed by atoms with Crippen molar-refractivity contribution in [2.75, 3.05) is 0 Å². The Morgan fingerprint density at radius 2 is 1.00 bits per heavy atom. The second-order valence-electron chi connectivity index (χ2n) is 4.62. The zero-order chi connectivity index (χ0) is 30.5. The fraction of sp³-hybridized carbons (Fsp3) is 0. The van der Waals surface area contributed by atoms with Crippen molar-refractivity contribution in [3.05, 3.63) is 27.2 Å². The van der Waals surface area contributed by atoms with Crippen molar-refractivity contribution >= 4 is 50.5 Å². The number of hydrogen-bond donors (Lipinski definition) is 2. The smallest absolute Gasteiger partial charge is 0.496 e. The Bertz CT molecular complexity index is 901. The van der Waals surface area contributed by atoms with Crippen LogP contribution in [0, 0.1) is 15.5 Å². The zero-order valence-corrected chi connectivity index (χ0v) is 16.6. The van der Waals surface area contributed by atoms with Gasteiger partial charge in [0.05, 0.1) is 11.0 Å². The monoisotopic (exact) mass is 594 g/mol. The summed E-state index contributed by atoms with van der Waals surface area (Å²) in [5.74, 6) is -1.00. The molecular weight excluding hydrogens is 589 g/mol. The van der Waals surface area contributed by atoms with E-state index >= 15 is 0 Å². The van der Waals surface area contributed by atoms with Crippen LogP contribution in [0.25, 0.3) is 4.98 Å². The summed E-state index contributed by atoms with van der Waals surface area (Å²) >= 11 is 0. The molecule has 0 amide bonds. The van der Waals surface area contributed by atoms with Gasteiger partial charge in [0, 0.05) is 6.07 Å². The Morgan fingerprint density at radius 1 is 0.750 bits per heavy atom. The van der Waals surface area contributed by atoms with Gasteiger partial charge in [0.2, 0.25) is 5.39 Å². The van der Waals surface area contributed by atoms with E-state index in [0.29, 0.717) is 12.1 Å². The summed E-state index contributed by atoms with van der Waals surface area (Å²) in [7, 11) is -28.7. The summed E-state index contributed by atoms with van der Waals surface area (Å²) < 4.78 is 186. The van der Waals surface area contributed by atoms with E-state index in [4.69, 9.17) is 9.95 Å². The lowest BCUT2D eigenvalue weighted by Gasteiger charge is -1.96. The van der Waals surface area contributed by atoms with E-state index in [0.717, 1.165) is 0 Å². The molecular formula is C6H4B4F16N3O6S-3. The number of phenols is 1. The molecule has 212 valence electrons. The maximum Gasteiger partial charge on any atom is 0.673 e. The molecule has 0 fully saturated rings. The Hall–Kier alpha value is -3.11. The van der Waals surface area contributed by atoms with Crippen LogP contribution in [0.15, 0.2) is 17.0 Å². The highest BCUT2D eigenvalue weighted by atomic mass is 32.2. The topological polar surface area (TPSA) is 146 Å². The number of hydrogen-bond acceptors (Lipinski definition) is 6. The van der Waals surface area contributed by atoms with Crippen molar-refractivity contribution in [3.8, 4) is 5.75 Å². The first-order valence-electron chi connectivity index (χ1n) is 7.10.